The van der Waals surface area contributed by atoms with Crippen molar-refractivity contribution >= 4 is 35.4 Å². The van der Waals surface area contributed by atoms with E-state index in [1.165, 1.54) is 0 Å². The maximum Gasteiger partial charge on any atom is 0.327 e. The summed E-state index contributed by atoms with van der Waals surface area (Å²) in [4.78, 5) is 24.0. The molecule has 0 spiro atoms. The van der Waals surface area contributed by atoms with Crippen molar-refractivity contribution in [3.63, 3.8) is 0 Å². The van der Waals surface area contributed by atoms with Crippen LogP contribution in [0, 0.1) is 5.92 Å². The van der Waals surface area contributed by atoms with E-state index >= 15 is 0 Å². The largest absolute Gasteiger partial charge is 0.480 e. The Bertz CT molecular complexity index is 552. The number of likely N-dealkylation sites (N-methyl/N-ethyl adjacent to an activating group) is 1. The summed E-state index contributed by atoms with van der Waals surface area (Å²) in [6, 6.07) is 6.62. The Kier molecular flexibility index (Phi) is 6.07. The molecule has 1 unspecified atom stereocenters. The van der Waals surface area contributed by atoms with Gasteiger partial charge in [0.25, 0.3) is 0 Å². The zero-order valence-corrected chi connectivity index (χ0v) is 13.7. The van der Waals surface area contributed by atoms with E-state index in [0.29, 0.717) is 18.1 Å². The van der Waals surface area contributed by atoms with Crippen LogP contribution in [0.1, 0.15) is 0 Å². The van der Waals surface area contributed by atoms with Gasteiger partial charge in [0.2, 0.25) is 5.91 Å². The number of aliphatic carboxylic acids is 1. The van der Waals surface area contributed by atoms with Gasteiger partial charge in [0.05, 0.1) is 5.92 Å². The van der Waals surface area contributed by atoms with E-state index in [4.69, 9.17) is 16.7 Å². The van der Waals surface area contributed by atoms with Gasteiger partial charge in [-0.2, -0.15) is 0 Å². The molecule has 0 bridgehead atoms. The van der Waals surface area contributed by atoms with Crippen molar-refractivity contribution in [3.05, 3.63) is 29.3 Å². The summed E-state index contributed by atoms with van der Waals surface area (Å²) < 4.78 is 2.05. The lowest BCUT2D eigenvalue weighted by atomic mass is 10.0. The van der Waals surface area contributed by atoms with Gasteiger partial charge in [-0.15, -0.1) is 0 Å². The van der Waals surface area contributed by atoms with Gasteiger partial charge < -0.3 is 15.7 Å². The number of carboxylic acid groups (broad SMARTS) is 1. The minimum Gasteiger partial charge on any atom is -0.480 e. The number of carbonyl (C=O) groups is 2. The highest BCUT2D eigenvalue weighted by Crippen LogP contribution is 2.31. The smallest absolute Gasteiger partial charge is 0.327 e. The van der Waals surface area contributed by atoms with E-state index in [-0.39, 0.29) is 18.4 Å². The van der Waals surface area contributed by atoms with Crippen molar-refractivity contribution in [2.45, 2.75) is 10.9 Å². The zero-order chi connectivity index (χ0) is 16.1. The summed E-state index contributed by atoms with van der Waals surface area (Å²) in [6.07, 6.45) is 0. The molecular formula is C14H18ClN3O3S. The fourth-order valence-electron chi connectivity index (χ4n) is 2.05. The van der Waals surface area contributed by atoms with Crippen molar-refractivity contribution in [1.82, 2.24) is 14.9 Å². The Morgan fingerprint density at radius 1 is 1.50 bits per heavy atom. The van der Waals surface area contributed by atoms with Crippen LogP contribution in [-0.4, -0.2) is 54.0 Å². The fourth-order valence-corrected chi connectivity index (χ4v) is 3.43. The number of carbonyl (C=O) groups excluding carboxylic acids is 1. The highest BCUT2D eigenvalue weighted by molar-refractivity contribution is 7.97. The lowest BCUT2D eigenvalue weighted by molar-refractivity contribution is -0.143. The molecule has 1 atom stereocenters. The van der Waals surface area contributed by atoms with Gasteiger partial charge in [-0.25, -0.2) is 9.10 Å². The number of rotatable bonds is 7. The van der Waals surface area contributed by atoms with Crippen molar-refractivity contribution in [1.29, 1.82) is 0 Å². The van der Waals surface area contributed by atoms with E-state index < -0.39 is 12.0 Å². The molecule has 120 valence electrons. The van der Waals surface area contributed by atoms with Crippen LogP contribution in [0.4, 0.5) is 0 Å². The summed E-state index contributed by atoms with van der Waals surface area (Å²) >= 11 is 7.47. The molecule has 1 aliphatic rings. The summed E-state index contributed by atoms with van der Waals surface area (Å²) in [7, 11) is 1.65. The molecule has 0 aromatic heterocycles. The van der Waals surface area contributed by atoms with Crippen LogP contribution < -0.4 is 10.6 Å². The van der Waals surface area contributed by atoms with Crippen molar-refractivity contribution in [3.8, 4) is 0 Å². The summed E-state index contributed by atoms with van der Waals surface area (Å²) in [5.74, 6) is -1.43. The summed E-state index contributed by atoms with van der Waals surface area (Å²) in [5.41, 5.74) is 0. The van der Waals surface area contributed by atoms with Crippen LogP contribution in [-0.2, 0) is 9.59 Å². The van der Waals surface area contributed by atoms with Gasteiger partial charge in [-0.05, 0) is 37.2 Å². The second-order valence-electron chi connectivity index (χ2n) is 5.05. The van der Waals surface area contributed by atoms with Gasteiger partial charge in [-0.1, -0.05) is 17.7 Å². The average molecular weight is 344 g/mol. The number of benzene rings is 1. The molecule has 0 aliphatic carbocycles. The summed E-state index contributed by atoms with van der Waals surface area (Å²) in [6.45, 7) is 1.39. The third kappa shape index (κ3) is 4.61. The molecule has 1 saturated heterocycles. The molecule has 0 radical (unpaired) electrons. The maximum absolute atomic E-state index is 12.0. The molecule has 6 nitrogen and oxygen atoms in total. The Morgan fingerprint density at radius 2 is 2.23 bits per heavy atom. The molecule has 1 aromatic carbocycles. The van der Waals surface area contributed by atoms with E-state index in [9.17, 15) is 9.59 Å². The summed E-state index contributed by atoms with van der Waals surface area (Å²) in [5, 5.41) is 15.0. The van der Waals surface area contributed by atoms with Gasteiger partial charge in [-0.3, -0.25) is 4.79 Å². The number of hydrogen-bond acceptors (Lipinski definition) is 5. The lowest BCUT2D eigenvalue weighted by Gasteiger charge is -2.37. The number of nitrogens with zero attached hydrogens (tertiary/aromatic N) is 1. The second-order valence-corrected chi connectivity index (χ2v) is 6.66. The Morgan fingerprint density at radius 3 is 2.82 bits per heavy atom. The van der Waals surface area contributed by atoms with Crippen LogP contribution in [0.25, 0.3) is 0 Å². The Hall–Kier alpha value is -1.28. The molecule has 1 heterocycles. The highest BCUT2D eigenvalue weighted by atomic mass is 35.5. The first kappa shape index (κ1) is 17.1. The SMILES string of the molecule is CNCC(NC(=O)C1CN(Sc2cccc(Cl)c2)C1)C(=O)O. The molecule has 2 rings (SSSR count). The van der Waals surface area contributed by atoms with Crippen LogP contribution in [0.3, 0.4) is 0 Å². The molecule has 3 N–H and O–H groups in total. The first-order valence-electron chi connectivity index (χ1n) is 6.86. The highest BCUT2D eigenvalue weighted by Gasteiger charge is 2.35. The molecule has 22 heavy (non-hydrogen) atoms. The third-order valence-corrected chi connectivity index (χ3v) is 4.53. The first-order valence-corrected chi connectivity index (χ1v) is 8.01. The first-order chi connectivity index (χ1) is 10.5. The normalized spacial score (nSPS) is 16.8. The number of nitrogens with one attached hydrogen (secondary N) is 2. The van der Waals surface area contributed by atoms with Crippen LogP contribution in [0.2, 0.25) is 5.02 Å². The van der Waals surface area contributed by atoms with Crippen LogP contribution in [0.5, 0.6) is 0 Å². The molecule has 1 aromatic rings. The van der Waals surface area contributed by atoms with Crippen LogP contribution >= 0.6 is 23.5 Å². The van der Waals surface area contributed by atoms with E-state index in [0.717, 1.165) is 4.90 Å². The Balaban J connectivity index is 1.78. The molecule has 1 amide bonds. The van der Waals surface area contributed by atoms with Gasteiger partial charge in [0.15, 0.2) is 0 Å². The van der Waals surface area contributed by atoms with Crippen molar-refractivity contribution in [2.75, 3.05) is 26.7 Å². The van der Waals surface area contributed by atoms with Crippen molar-refractivity contribution < 1.29 is 14.7 Å². The topological polar surface area (TPSA) is 81.7 Å². The minimum atomic E-state index is -1.04. The quantitative estimate of drug-likeness (QED) is 0.642. The monoisotopic (exact) mass is 343 g/mol. The molecule has 1 fully saturated rings. The standard InChI is InChI=1S/C14H18ClN3O3S/c1-16-6-12(14(20)21)17-13(19)9-7-18(8-9)22-11-4-2-3-10(15)5-11/h2-5,9,12,16H,6-8H2,1H3,(H,17,19)(H,20,21). The minimum absolute atomic E-state index is 0.176. The predicted octanol–water partition coefficient (Wildman–Crippen LogP) is 1.07. The average Bonchev–Trinajstić information content (AvgIpc) is 2.41. The molecular weight excluding hydrogens is 326 g/mol. The number of halogens is 1. The molecule has 8 heteroatoms. The van der Waals surface area contributed by atoms with E-state index in [1.807, 2.05) is 28.6 Å². The maximum atomic E-state index is 12.0. The third-order valence-electron chi connectivity index (χ3n) is 3.27. The molecule has 0 saturated carbocycles. The van der Waals surface area contributed by atoms with E-state index in [2.05, 4.69) is 10.6 Å². The molecule has 1 aliphatic heterocycles. The number of carboxylic acids is 1. The number of hydrogen-bond donors (Lipinski definition) is 3. The van der Waals surface area contributed by atoms with Gasteiger partial charge in [0.1, 0.15) is 6.04 Å². The van der Waals surface area contributed by atoms with Crippen LogP contribution in [0.15, 0.2) is 29.2 Å². The fraction of sp³-hybridized carbons (Fsp3) is 0.429. The second kappa shape index (κ2) is 7.82. The van der Waals surface area contributed by atoms with Crippen molar-refractivity contribution in [2.24, 2.45) is 5.92 Å². The zero-order valence-electron chi connectivity index (χ0n) is 12.1. The lowest BCUT2D eigenvalue weighted by Crippen LogP contribution is -2.55. The van der Waals surface area contributed by atoms with E-state index in [1.54, 1.807) is 19.0 Å². The van der Waals surface area contributed by atoms with Gasteiger partial charge in [0, 0.05) is 29.6 Å². The number of amides is 1. The Labute approximate surface area is 138 Å². The van der Waals surface area contributed by atoms with Gasteiger partial charge >= 0.3 is 5.97 Å². The predicted molar refractivity (Wildman–Crippen MR) is 85.9 cm³/mol.